The van der Waals surface area contributed by atoms with Gasteiger partial charge < -0.3 is 5.32 Å². The molecule has 7 heteroatoms. The topological polar surface area (TPSA) is 58.2 Å². The van der Waals surface area contributed by atoms with Crippen LogP contribution in [0.15, 0.2) is 46.7 Å². The highest BCUT2D eigenvalue weighted by molar-refractivity contribution is 8.00. The van der Waals surface area contributed by atoms with Crippen molar-refractivity contribution in [3.05, 3.63) is 52.5 Å². The van der Waals surface area contributed by atoms with Crippen LogP contribution in [0, 0.1) is 5.82 Å². The standard InChI is InChI=1S/C14H13FN2O2S2/c15-11-5-1-2-6-12(11)21-9-13(18)17-14(19)16-8-10-4-3-7-20-10/h1-7H,8-9H2,(H2,16,17,18,19). The molecule has 2 aromatic rings. The Morgan fingerprint density at radius 1 is 1.19 bits per heavy atom. The van der Waals surface area contributed by atoms with E-state index in [0.717, 1.165) is 16.6 Å². The Hall–Kier alpha value is -1.86. The van der Waals surface area contributed by atoms with Crippen molar-refractivity contribution in [1.29, 1.82) is 0 Å². The first-order valence-electron chi connectivity index (χ1n) is 6.12. The maximum atomic E-state index is 13.3. The Balaban J connectivity index is 1.71. The van der Waals surface area contributed by atoms with Gasteiger partial charge in [-0.05, 0) is 23.6 Å². The van der Waals surface area contributed by atoms with Crippen LogP contribution in [0.25, 0.3) is 0 Å². The average molecular weight is 324 g/mol. The van der Waals surface area contributed by atoms with Crippen LogP contribution in [0.1, 0.15) is 4.88 Å². The molecule has 110 valence electrons. The summed E-state index contributed by atoms with van der Waals surface area (Å²) >= 11 is 2.57. The number of thioether (sulfide) groups is 1. The van der Waals surface area contributed by atoms with Gasteiger partial charge in [0.15, 0.2) is 0 Å². The highest BCUT2D eigenvalue weighted by Crippen LogP contribution is 2.20. The molecule has 0 spiro atoms. The van der Waals surface area contributed by atoms with Gasteiger partial charge >= 0.3 is 6.03 Å². The lowest BCUT2D eigenvalue weighted by Crippen LogP contribution is -2.39. The van der Waals surface area contributed by atoms with Gasteiger partial charge in [0.25, 0.3) is 0 Å². The van der Waals surface area contributed by atoms with Gasteiger partial charge in [0.2, 0.25) is 5.91 Å². The van der Waals surface area contributed by atoms with Crippen LogP contribution in [0.5, 0.6) is 0 Å². The number of urea groups is 1. The van der Waals surface area contributed by atoms with E-state index in [1.54, 1.807) is 18.2 Å². The Morgan fingerprint density at radius 2 is 2.00 bits per heavy atom. The first kappa shape index (κ1) is 15.5. The molecule has 0 aliphatic rings. The van der Waals surface area contributed by atoms with Gasteiger partial charge in [-0.15, -0.1) is 23.1 Å². The second-order valence-corrected chi connectivity index (χ2v) is 6.08. The van der Waals surface area contributed by atoms with Crippen LogP contribution < -0.4 is 10.6 Å². The largest absolute Gasteiger partial charge is 0.333 e. The lowest BCUT2D eigenvalue weighted by molar-refractivity contribution is -0.117. The zero-order valence-corrected chi connectivity index (χ0v) is 12.6. The zero-order valence-electron chi connectivity index (χ0n) is 11.0. The summed E-state index contributed by atoms with van der Waals surface area (Å²) in [4.78, 5) is 24.5. The number of carbonyl (C=O) groups is 2. The fraction of sp³-hybridized carbons (Fsp3) is 0.143. The molecule has 0 aliphatic carbocycles. The summed E-state index contributed by atoms with van der Waals surface area (Å²) in [6.45, 7) is 0.372. The molecule has 0 atom stereocenters. The number of hydrogen-bond acceptors (Lipinski definition) is 4. The van der Waals surface area contributed by atoms with E-state index in [1.165, 1.54) is 17.4 Å². The van der Waals surface area contributed by atoms with Crippen molar-refractivity contribution < 1.29 is 14.0 Å². The van der Waals surface area contributed by atoms with E-state index in [4.69, 9.17) is 0 Å². The SMILES string of the molecule is O=C(CSc1ccccc1F)NC(=O)NCc1cccs1. The van der Waals surface area contributed by atoms with Gasteiger partial charge in [-0.2, -0.15) is 0 Å². The number of halogens is 1. The summed E-state index contributed by atoms with van der Waals surface area (Å²) in [5, 5.41) is 6.69. The molecule has 0 saturated heterocycles. The van der Waals surface area contributed by atoms with E-state index in [9.17, 15) is 14.0 Å². The molecule has 4 nitrogen and oxygen atoms in total. The van der Waals surface area contributed by atoms with Crippen LogP contribution in [0.3, 0.4) is 0 Å². The fourth-order valence-electron chi connectivity index (χ4n) is 1.49. The molecule has 2 rings (SSSR count). The minimum Gasteiger partial charge on any atom is -0.333 e. The molecule has 0 radical (unpaired) electrons. The number of amides is 3. The van der Waals surface area contributed by atoms with Gasteiger partial charge in [-0.1, -0.05) is 18.2 Å². The zero-order chi connectivity index (χ0) is 15.1. The van der Waals surface area contributed by atoms with Crippen molar-refractivity contribution in [2.45, 2.75) is 11.4 Å². The van der Waals surface area contributed by atoms with E-state index in [0.29, 0.717) is 11.4 Å². The Labute approximate surface area is 129 Å². The third-order valence-corrected chi connectivity index (χ3v) is 4.38. The molecule has 0 aliphatic heterocycles. The lowest BCUT2D eigenvalue weighted by Gasteiger charge is -2.06. The van der Waals surface area contributed by atoms with Gasteiger partial charge in [0, 0.05) is 9.77 Å². The third kappa shape index (κ3) is 5.20. The number of nitrogens with one attached hydrogen (secondary N) is 2. The molecular formula is C14H13FN2O2S2. The number of hydrogen-bond donors (Lipinski definition) is 2. The summed E-state index contributed by atoms with van der Waals surface area (Å²) in [5.41, 5.74) is 0. The van der Waals surface area contributed by atoms with Crippen molar-refractivity contribution in [2.75, 3.05) is 5.75 Å². The van der Waals surface area contributed by atoms with Crippen LogP contribution in [0.4, 0.5) is 9.18 Å². The molecule has 21 heavy (non-hydrogen) atoms. The predicted molar refractivity (Wildman–Crippen MR) is 81.8 cm³/mol. The van der Waals surface area contributed by atoms with Crippen molar-refractivity contribution in [3.63, 3.8) is 0 Å². The first-order valence-corrected chi connectivity index (χ1v) is 7.99. The van der Waals surface area contributed by atoms with E-state index >= 15 is 0 Å². The lowest BCUT2D eigenvalue weighted by atomic mass is 10.3. The van der Waals surface area contributed by atoms with Crippen LogP contribution in [0.2, 0.25) is 0 Å². The maximum absolute atomic E-state index is 13.3. The molecule has 0 saturated carbocycles. The van der Waals surface area contributed by atoms with Crippen LogP contribution in [-0.2, 0) is 11.3 Å². The van der Waals surface area contributed by atoms with Crippen LogP contribution >= 0.6 is 23.1 Å². The van der Waals surface area contributed by atoms with Crippen molar-refractivity contribution in [3.8, 4) is 0 Å². The molecule has 2 N–H and O–H groups in total. The Bertz CT molecular complexity index is 617. The molecule has 1 aromatic heterocycles. The predicted octanol–water partition coefficient (Wildman–Crippen LogP) is 3.01. The van der Waals surface area contributed by atoms with Gasteiger partial charge in [0.1, 0.15) is 5.82 Å². The number of imide groups is 1. The molecular weight excluding hydrogens is 311 g/mol. The number of benzene rings is 1. The maximum Gasteiger partial charge on any atom is 0.321 e. The van der Waals surface area contributed by atoms with E-state index < -0.39 is 11.9 Å². The number of rotatable bonds is 5. The average Bonchev–Trinajstić information content (AvgIpc) is 2.97. The minimum atomic E-state index is -0.553. The highest BCUT2D eigenvalue weighted by Gasteiger charge is 2.09. The fourth-order valence-corrected chi connectivity index (χ4v) is 2.88. The second kappa shape index (κ2) is 7.80. The van der Waals surface area contributed by atoms with Crippen molar-refractivity contribution in [1.82, 2.24) is 10.6 Å². The molecule has 3 amide bonds. The summed E-state index contributed by atoms with van der Waals surface area (Å²) in [6, 6.07) is 9.41. The van der Waals surface area contributed by atoms with Gasteiger partial charge in [-0.25, -0.2) is 9.18 Å². The third-order valence-electron chi connectivity index (χ3n) is 2.45. The number of carbonyl (C=O) groups excluding carboxylic acids is 2. The molecule has 1 aromatic carbocycles. The van der Waals surface area contributed by atoms with E-state index in [1.807, 2.05) is 17.5 Å². The molecule has 0 unspecified atom stereocenters. The summed E-state index contributed by atoms with van der Waals surface area (Å²) in [6.07, 6.45) is 0. The Kier molecular flexibility index (Phi) is 5.77. The van der Waals surface area contributed by atoms with Gasteiger partial charge in [0.05, 0.1) is 12.3 Å². The first-order chi connectivity index (χ1) is 10.1. The van der Waals surface area contributed by atoms with Crippen LogP contribution in [-0.4, -0.2) is 17.7 Å². The van der Waals surface area contributed by atoms with Crippen molar-refractivity contribution >= 4 is 35.0 Å². The quantitative estimate of drug-likeness (QED) is 0.831. The summed E-state index contributed by atoms with van der Waals surface area (Å²) < 4.78 is 13.3. The summed E-state index contributed by atoms with van der Waals surface area (Å²) in [7, 11) is 0. The molecule has 0 bridgehead atoms. The number of thiophene rings is 1. The highest BCUT2D eigenvalue weighted by atomic mass is 32.2. The monoisotopic (exact) mass is 324 g/mol. The minimum absolute atomic E-state index is 0.0205. The smallest absolute Gasteiger partial charge is 0.321 e. The van der Waals surface area contributed by atoms with Crippen molar-refractivity contribution in [2.24, 2.45) is 0 Å². The summed E-state index contributed by atoms with van der Waals surface area (Å²) in [5.74, 6) is -0.864. The van der Waals surface area contributed by atoms with E-state index in [-0.39, 0.29) is 11.6 Å². The van der Waals surface area contributed by atoms with Gasteiger partial charge in [-0.3, -0.25) is 10.1 Å². The van der Waals surface area contributed by atoms with E-state index in [2.05, 4.69) is 10.6 Å². The second-order valence-electron chi connectivity index (χ2n) is 4.03. The molecule has 1 heterocycles. The Morgan fingerprint density at radius 3 is 2.71 bits per heavy atom. The molecule has 0 fully saturated rings. The normalized spacial score (nSPS) is 10.1.